The van der Waals surface area contributed by atoms with Crippen LogP contribution < -0.4 is 0 Å². The lowest BCUT2D eigenvalue weighted by atomic mass is 10.0. The molecule has 2 nitrogen and oxygen atoms in total. The number of likely N-dealkylation sites (N-methyl/N-ethyl adjacent to an activating group) is 1. The Balaban J connectivity index is 1.97. The van der Waals surface area contributed by atoms with E-state index in [0.717, 1.165) is 19.6 Å². The Morgan fingerprint density at radius 3 is 2.25 bits per heavy atom. The van der Waals surface area contributed by atoms with Crippen molar-refractivity contribution in [1.82, 2.24) is 4.90 Å². The van der Waals surface area contributed by atoms with Crippen molar-refractivity contribution in [3.05, 3.63) is 65.7 Å². The smallest absolute Gasteiger partial charge is 0.115 e. The minimum Gasteiger partial charge on any atom is -0.508 e. The van der Waals surface area contributed by atoms with Crippen molar-refractivity contribution >= 4 is 0 Å². The molecule has 20 heavy (non-hydrogen) atoms. The number of aromatic hydroxyl groups is 1. The van der Waals surface area contributed by atoms with Gasteiger partial charge >= 0.3 is 0 Å². The van der Waals surface area contributed by atoms with Crippen molar-refractivity contribution in [3.8, 4) is 5.75 Å². The molecule has 1 atom stereocenters. The second kappa shape index (κ2) is 7.11. The molecule has 0 aromatic heterocycles. The molecule has 1 N–H and O–H groups in total. The van der Waals surface area contributed by atoms with Crippen molar-refractivity contribution in [2.24, 2.45) is 0 Å². The summed E-state index contributed by atoms with van der Waals surface area (Å²) in [5, 5.41) is 9.33. The van der Waals surface area contributed by atoms with E-state index in [1.54, 1.807) is 12.1 Å². The number of phenolic OH excluding ortho intramolecular Hbond substituents is 1. The fraction of sp³-hybridized carbons (Fsp3) is 0.333. The van der Waals surface area contributed by atoms with Crippen LogP contribution in [0.5, 0.6) is 5.75 Å². The second-order valence-electron chi connectivity index (χ2n) is 5.31. The molecular weight excluding hydrogens is 246 g/mol. The average Bonchev–Trinajstić information content (AvgIpc) is 2.49. The van der Waals surface area contributed by atoms with Crippen molar-refractivity contribution < 1.29 is 5.11 Å². The van der Waals surface area contributed by atoms with E-state index in [9.17, 15) is 5.11 Å². The molecule has 0 bridgehead atoms. The first-order valence-electron chi connectivity index (χ1n) is 7.24. The molecule has 1 unspecified atom stereocenters. The van der Waals surface area contributed by atoms with Crippen LogP contribution in [0.3, 0.4) is 0 Å². The highest BCUT2D eigenvalue weighted by Gasteiger charge is 2.11. The quantitative estimate of drug-likeness (QED) is 0.856. The maximum Gasteiger partial charge on any atom is 0.115 e. The molecule has 0 aliphatic rings. The zero-order chi connectivity index (χ0) is 14.4. The van der Waals surface area contributed by atoms with E-state index in [2.05, 4.69) is 49.1 Å². The number of nitrogens with zero attached hydrogens (tertiary/aromatic N) is 1. The van der Waals surface area contributed by atoms with Crippen LogP contribution in [-0.4, -0.2) is 23.1 Å². The minimum atomic E-state index is 0.328. The van der Waals surface area contributed by atoms with Crippen LogP contribution in [-0.2, 0) is 6.54 Å². The van der Waals surface area contributed by atoms with Crippen molar-refractivity contribution in [2.75, 3.05) is 13.1 Å². The Kier molecular flexibility index (Phi) is 5.19. The number of rotatable bonds is 6. The fourth-order valence-corrected chi connectivity index (χ4v) is 2.44. The third-order valence-electron chi connectivity index (χ3n) is 3.69. The van der Waals surface area contributed by atoms with E-state index in [1.807, 2.05) is 12.1 Å². The Morgan fingerprint density at radius 1 is 1.00 bits per heavy atom. The molecule has 2 aromatic rings. The molecule has 0 saturated carbocycles. The lowest BCUT2D eigenvalue weighted by molar-refractivity contribution is 0.266. The van der Waals surface area contributed by atoms with Crippen LogP contribution in [0, 0.1) is 0 Å². The second-order valence-corrected chi connectivity index (χ2v) is 5.31. The van der Waals surface area contributed by atoms with Crippen LogP contribution in [0.15, 0.2) is 54.6 Å². The van der Waals surface area contributed by atoms with E-state index in [0.29, 0.717) is 11.7 Å². The molecule has 2 aromatic carbocycles. The van der Waals surface area contributed by atoms with Gasteiger partial charge in [-0.1, -0.05) is 56.3 Å². The molecule has 0 radical (unpaired) electrons. The summed E-state index contributed by atoms with van der Waals surface area (Å²) in [7, 11) is 0. The van der Waals surface area contributed by atoms with E-state index in [4.69, 9.17) is 0 Å². The SMILES string of the molecule is CCN(Cc1ccc(O)cc1)CC(C)c1ccccc1. The largest absolute Gasteiger partial charge is 0.508 e. The highest BCUT2D eigenvalue weighted by atomic mass is 16.3. The summed E-state index contributed by atoms with van der Waals surface area (Å²) >= 11 is 0. The predicted molar refractivity (Wildman–Crippen MR) is 83.9 cm³/mol. The molecule has 0 heterocycles. The summed E-state index contributed by atoms with van der Waals surface area (Å²) in [5.41, 5.74) is 2.63. The van der Waals surface area contributed by atoms with E-state index >= 15 is 0 Å². The maximum atomic E-state index is 9.33. The zero-order valence-corrected chi connectivity index (χ0v) is 12.3. The molecule has 2 heteroatoms. The van der Waals surface area contributed by atoms with Gasteiger partial charge in [-0.3, -0.25) is 4.90 Å². The molecule has 0 aliphatic carbocycles. The third-order valence-corrected chi connectivity index (χ3v) is 3.69. The molecular formula is C18H23NO. The van der Waals surface area contributed by atoms with Gasteiger partial charge in [-0.25, -0.2) is 0 Å². The monoisotopic (exact) mass is 269 g/mol. The molecule has 0 spiro atoms. The van der Waals surface area contributed by atoms with E-state index < -0.39 is 0 Å². The van der Waals surface area contributed by atoms with Crippen LogP contribution in [0.4, 0.5) is 0 Å². The van der Waals surface area contributed by atoms with Gasteiger partial charge in [0.25, 0.3) is 0 Å². The van der Waals surface area contributed by atoms with Crippen LogP contribution in [0.25, 0.3) is 0 Å². The van der Waals surface area contributed by atoms with Gasteiger partial charge in [0, 0.05) is 13.1 Å². The maximum absolute atomic E-state index is 9.33. The topological polar surface area (TPSA) is 23.5 Å². The molecule has 0 amide bonds. The predicted octanol–water partition coefficient (Wildman–Crippen LogP) is 4.02. The van der Waals surface area contributed by atoms with Crippen LogP contribution in [0.1, 0.15) is 30.9 Å². The van der Waals surface area contributed by atoms with E-state index in [1.165, 1.54) is 11.1 Å². The Hall–Kier alpha value is -1.80. The summed E-state index contributed by atoms with van der Waals surface area (Å²) in [5.74, 6) is 0.850. The number of hydrogen-bond donors (Lipinski definition) is 1. The van der Waals surface area contributed by atoms with Crippen molar-refractivity contribution in [3.63, 3.8) is 0 Å². The number of hydrogen-bond acceptors (Lipinski definition) is 2. The summed E-state index contributed by atoms with van der Waals surface area (Å²) < 4.78 is 0. The summed E-state index contributed by atoms with van der Waals surface area (Å²) in [6.07, 6.45) is 0. The van der Waals surface area contributed by atoms with Gasteiger partial charge in [0.1, 0.15) is 5.75 Å². The standard InChI is InChI=1S/C18H23NO/c1-3-19(14-16-9-11-18(20)12-10-16)13-15(2)17-7-5-4-6-8-17/h4-12,15,20H,3,13-14H2,1-2H3. The van der Waals surface area contributed by atoms with Crippen molar-refractivity contribution in [1.29, 1.82) is 0 Å². The van der Waals surface area contributed by atoms with Gasteiger partial charge in [0.05, 0.1) is 0 Å². The highest BCUT2D eigenvalue weighted by molar-refractivity contribution is 5.26. The fourth-order valence-electron chi connectivity index (χ4n) is 2.44. The van der Waals surface area contributed by atoms with Gasteiger partial charge < -0.3 is 5.11 Å². The molecule has 0 fully saturated rings. The molecule has 0 aliphatic heterocycles. The lowest BCUT2D eigenvalue weighted by Gasteiger charge is -2.24. The van der Waals surface area contributed by atoms with Gasteiger partial charge in [-0.15, -0.1) is 0 Å². The zero-order valence-electron chi connectivity index (χ0n) is 12.3. The molecule has 0 saturated heterocycles. The third kappa shape index (κ3) is 4.10. The normalized spacial score (nSPS) is 12.6. The Morgan fingerprint density at radius 2 is 1.65 bits per heavy atom. The molecule has 2 rings (SSSR count). The number of benzene rings is 2. The van der Waals surface area contributed by atoms with E-state index in [-0.39, 0.29) is 0 Å². The first-order valence-corrected chi connectivity index (χ1v) is 7.24. The Labute approximate surface area is 121 Å². The summed E-state index contributed by atoms with van der Waals surface area (Å²) in [6.45, 7) is 7.46. The average molecular weight is 269 g/mol. The van der Waals surface area contributed by atoms with Crippen LogP contribution >= 0.6 is 0 Å². The van der Waals surface area contributed by atoms with Crippen molar-refractivity contribution in [2.45, 2.75) is 26.3 Å². The summed E-state index contributed by atoms with van der Waals surface area (Å²) in [4.78, 5) is 2.43. The van der Waals surface area contributed by atoms with Gasteiger partial charge in [0.15, 0.2) is 0 Å². The lowest BCUT2D eigenvalue weighted by Crippen LogP contribution is -2.27. The summed E-state index contributed by atoms with van der Waals surface area (Å²) in [6, 6.07) is 18.1. The minimum absolute atomic E-state index is 0.328. The van der Waals surface area contributed by atoms with Gasteiger partial charge in [-0.2, -0.15) is 0 Å². The van der Waals surface area contributed by atoms with Gasteiger partial charge in [0.2, 0.25) is 0 Å². The van der Waals surface area contributed by atoms with Gasteiger partial charge in [-0.05, 0) is 35.7 Å². The Bertz CT molecular complexity index is 507. The first-order chi connectivity index (χ1) is 9.69. The van der Waals surface area contributed by atoms with Crippen LogP contribution in [0.2, 0.25) is 0 Å². The first kappa shape index (κ1) is 14.6. The highest BCUT2D eigenvalue weighted by Crippen LogP contribution is 2.18. The molecule has 106 valence electrons. The number of phenols is 1.